The van der Waals surface area contributed by atoms with Crippen molar-refractivity contribution in [2.45, 2.75) is 38.2 Å². The zero-order chi connectivity index (χ0) is 20.8. The summed E-state index contributed by atoms with van der Waals surface area (Å²) in [5.74, 6) is -0.292. The van der Waals surface area contributed by atoms with Crippen LogP contribution in [0.2, 0.25) is 5.02 Å². The number of rotatable bonds is 6. The molecule has 1 aromatic heterocycles. The number of halogens is 1. The molecule has 0 radical (unpaired) electrons. The van der Waals surface area contributed by atoms with Gasteiger partial charge in [0.1, 0.15) is 6.10 Å². The fourth-order valence-corrected chi connectivity index (χ4v) is 4.36. The molecule has 1 N–H and O–H groups in total. The van der Waals surface area contributed by atoms with Crippen LogP contribution in [0.4, 0.5) is 5.13 Å². The molecule has 0 unspecified atom stereocenters. The molecule has 0 spiro atoms. The summed E-state index contributed by atoms with van der Waals surface area (Å²) in [6, 6.07) is 14.9. The van der Waals surface area contributed by atoms with Gasteiger partial charge in [-0.05, 0) is 37.8 Å². The van der Waals surface area contributed by atoms with Crippen LogP contribution in [0, 0.1) is 0 Å². The Balaban J connectivity index is 1.42. The van der Waals surface area contributed by atoms with Crippen LogP contribution in [0.25, 0.3) is 11.3 Å². The van der Waals surface area contributed by atoms with Crippen LogP contribution >= 0.6 is 22.9 Å². The number of hydrogen-bond acceptors (Lipinski definition) is 6. The normalized spacial score (nSPS) is 14.7. The fourth-order valence-electron chi connectivity index (χ4n) is 3.47. The number of thiazole rings is 1. The summed E-state index contributed by atoms with van der Waals surface area (Å²) < 4.78 is 5.70. The van der Waals surface area contributed by atoms with Crippen molar-refractivity contribution < 1.29 is 9.53 Å². The maximum atomic E-state index is 12.6. The molecule has 4 rings (SSSR count). The monoisotopic (exact) mass is 439 g/mol. The smallest absolute Gasteiger partial charge is 0.339 e. The van der Waals surface area contributed by atoms with Crippen molar-refractivity contribution in [1.29, 1.82) is 0 Å². The Labute approximate surface area is 184 Å². The Bertz CT molecular complexity index is 1040. The summed E-state index contributed by atoms with van der Waals surface area (Å²) >= 11 is 7.68. The largest absolute Gasteiger partial charge is 0.459 e. The third-order valence-electron chi connectivity index (χ3n) is 5.02. The molecule has 0 aliphatic heterocycles. The molecule has 3 aromatic rings. The Kier molecular flexibility index (Phi) is 6.77. The third-order valence-corrected chi connectivity index (χ3v) is 6.10. The molecule has 1 fully saturated rings. The molecule has 1 saturated carbocycles. The number of carbonyl (C=O) groups is 1. The fraction of sp³-hybridized carbons (Fsp3) is 0.261. The van der Waals surface area contributed by atoms with Gasteiger partial charge in [-0.25, -0.2) is 9.78 Å². The number of hydrazone groups is 1. The summed E-state index contributed by atoms with van der Waals surface area (Å²) in [6.45, 7) is 0. The molecule has 30 heavy (non-hydrogen) atoms. The minimum atomic E-state index is -0.292. The number of aromatic nitrogens is 1. The maximum absolute atomic E-state index is 12.6. The zero-order valence-corrected chi connectivity index (χ0v) is 18.0. The highest BCUT2D eigenvalue weighted by atomic mass is 35.5. The molecular formula is C23H22ClN3O2S. The van der Waals surface area contributed by atoms with Crippen LogP contribution in [-0.4, -0.2) is 23.3 Å². The van der Waals surface area contributed by atoms with E-state index >= 15 is 0 Å². The zero-order valence-electron chi connectivity index (χ0n) is 16.4. The first-order valence-corrected chi connectivity index (χ1v) is 11.3. The number of ether oxygens (including phenoxy) is 1. The van der Waals surface area contributed by atoms with Crippen molar-refractivity contribution in [3.63, 3.8) is 0 Å². The maximum Gasteiger partial charge on any atom is 0.339 e. The SMILES string of the molecule is O=C(OC1CCCCC1)c1ccccc1/C=N/Nc1nc(-c2ccccc2Cl)cs1. The Morgan fingerprint density at radius 1 is 1.13 bits per heavy atom. The highest BCUT2D eigenvalue weighted by Crippen LogP contribution is 2.30. The standard InChI is InChI=1S/C23H22ClN3O2S/c24-20-13-7-6-12-19(20)21-15-30-23(26-21)27-25-14-16-8-4-5-11-18(16)22(28)29-17-9-2-1-3-10-17/h4-8,11-15,17H,1-3,9-10H2,(H,26,27)/b25-14+. The molecule has 0 saturated heterocycles. The van der Waals surface area contributed by atoms with E-state index in [0.29, 0.717) is 21.3 Å². The number of benzene rings is 2. The van der Waals surface area contributed by atoms with Crippen molar-refractivity contribution in [1.82, 2.24) is 4.98 Å². The van der Waals surface area contributed by atoms with Crippen LogP contribution in [0.5, 0.6) is 0 Å². The average Bonchev–Trinajstić information content (AvgIpc) is 3.24. The minimum absolute atomic E-state index is 0.0212. The molecule has 7 heteroatoms. The lowest BCUT2D eigenvalue weighted by Gasteiger charge is -2.22. The van der Waals surface area contributed by atoms with Crippen LogP contribution < -0.4 is 5.43 Å². The van der Waals surface area contributed by atoms with Crippen molar-refractivity contribution in [2.24, 2.45) is 5.10 Å². The second-order valence-electron chi connectivity index (χ2n) is 7.14. The molecule has 0 bridgehead atoms. The number of anilines is 1. The third kappa shape index (κ3) is 5.07. The van der Waals surface area contributed by atoms with E-state index in [2.05, 4.69) is 15.5 Å². The summed E-state index contributed by atoms with van der Waals surface area (Å²) in [4.78, 5) is 17.2. The summed E-state index contributed by atoms with van der Waals surface area (Å²) in [5, 5.41) is 7.49. The van der Waals surface area contributed by atoms with Gasteiger partial charge in [-0.3, -0.25) is 5.43 Å². The van der Waals surface area contributed by atoms with Gasteiger partial charge in [-0.2, -0.15) is 5.10 Å². The number of nitrogens with one attached hydrogen (secondary N) is 1. The molecule has 1 aliphatic rings. The number of hydrogen-bond donors (Lipinski definition) is 1. The predicted octanol–water partition coefficient (Wildman–Crippen LogP) is 6.40. The van der Waals surface area contributed by atoms with Crippen LogP contribution in [-0.2, 0) is 4.74 Å². The molecule has 2 aromatic carbocycles. The topological polar surface area (TPSA) is 63.6 Å². The van der Waals surface area contributed by atoms with E-state index in [-0.39, 0.29) is 12.1 Å². The lowest BCUT2D eigenvalue weighted by atomic mass is 9.97. The lowest BCUT2D eigenvalue weighted by Crippen LogP contribution is -2.21. The van der Waals surface area contributed by atoms with E-state index in [1.54, 1.807) is 12.3 Å². The van der Waals surface area contributed by atoms with E-state index in [0.717, 1.165) is 36.9 Å². The quantitative estimate of drug-likeness (QED) is 0.274. The van der Waals surface area contributed by atoms with Gasteiger partial charge in [0.25, 0.3) is 0 Å². The Morgan fingerprint density at radius 3 is 2.73 bits per heavy atom. The van der Waals surface area contributed by atoms with Crippen molar-refractivity contribution in [2.75, 3.05) is 5.43 Å². The number of nitrogens with zero attached hydrogens (tertiary/aromatic N) is 2. The van der Waals surface area contributed by atoms with Crippen LogP contribution in [0.1, 0.15) is 48.0 Å². The molecule has 0 amide bonds. The van der Waals surface area contributed by atoms with Gasteiger partial charge in [0.05, 0.1) is 17.5 Å². The number of carbonyl (C=O) groups excluding carboxylic acids is 1. The molecule has 0 atom stereocenters. The molecule has 5 nitrogen and oxygen atoms in total. The van der Waals surface area contributed by atoms with Gasteiger partial charge in [0.2, 0.25) is 5.13 Å². The molecule has 1 heterocycles. The lowest BCUT2D eigenvalue weighted by molar-refractivity contribution is 0.0211. The second kappa shape index (κ2) is 9.87. The molecular weight excluding hydrogens is 418 g/mol. The summed E-state index contributed by atoms with van der Waals surface area (Å²) in [7, 11) is 0. The van der Waals surface area contributed by atoms with Gasteiger partial charge >= 0.3 is 5.97 Å². The van der Waals surface area contributed by atoms with Gasteiger partial charge in [-0.1, -0.05) is 54.4 Å². The number of esters is 1. The van der Waals surface area contributed by atoms with E-state index in [9.17, 15) is 4.79 Å². The summed E-state index contributed by atoms with van der Waals surface area (Å²) in [5.41, 5.74) is 5.82. The van der Waals surface area contributed by atoms with Crippen LogP contribution in [0.3, 0.4) is 0 Å². The molecule has 1 aliphatic carbocycles. The van der Waals surface area contributed by atoms with Crippen LogP contribution in [0.15, 0.2) is 59.0 Å². The van der Waals surface area contributed by atoms with E-state index < -0.39 is 0 Å². The highest BCUT2D eigenvalue weighted by molar-refractivity contribution is 7.14. The van der Waals surface area contributed by atoms with Crippen molar-refractivity contribution >= 4 is 40.3 Å². The van der Waals surface area contributed by atoms with Crippen molar-refractivity contribution in [3.05, 3.63) is 70.1 Å². The van der Waals surface area contributed by atoms with Gasteiger partial charge in [0, 0.05) is 21.5 Å². The summed E-state index contributed by atoms with van der Waals surface area (Å²) in [6.07, 6.45) is 6.99. The predicted molar refractivity (Wildman–Crippen MR) is 123 cm³/mol. The first-order chi connectivity index (χ1) is 14.7. The molecule has 154 valence electrons. The van der Waals surface area contributed by atoms with E-state index in [1.165, 1.54) is 17.8 Å². The Morgan fingerprint density at radius 2 is 1.90 bits per heavy atom. The van der Waals surface area contributed by atoms with E-state index in [1.807, 2.05) is 47.8 Å². The minimum Gasteiger partial charge on any atom is -0.459 e. The average molecular weight is 440 g/mol. The van der Waals surface area contributed by atoms with E-state index in [4.69, 9.17) is 16.3 Å². The van der Waals surface area contributed by atoms with Gasteiger partial charge in [0.15, 0.2) is 0 Å². The first kappa shape index (κ1) is 20.6. The first-order valence-electron chi connectivity index (χ1n) is 10.0. The van der Waals surface area contributed by atoms with Gasteiger partial charge in [-0.15, -0.1) is 11.3 Å². The Hall–Kier alpha value is -2.70. The van der Waals surface area contributed by atoms with Gasteiger partial charge < -0.3 is 4.74 Å². The van der Waals surface area contributed by atoms with Crippen molar-refractivity contribution in [3.8, 4) is 11.3 Å². The highest BCUT2D eigenvalue weighted by Gasteiger charge is 2.20. The second-order valence-corrected chi connectivity index (χ2v) is 8.41.